The molecular weight excluding hydrogens is 771 g/mol. The van der Waals surface area contributed by atoms with Crippen molar-refractivity contribution in [2.75, 3.05) is 0 Å². The molecule has 0 unspecified atom stereocenters. The predicted molar refractivity (Wildman–Crippen MR) is 192 cm³/mol. The summed E-state index contributed by atoms with van der Waals surface area (Å²) in [5.41, 5.74) is 9.23. The number of hydrogen-bond acceptors (Lipinski definition) is 3. The minimum atomic E-state index is -1.48. The number of imidazole rings is 1. The largest absolute Gasteiger partial charge is 0.557 e. The molecule has 8 aromatic rings. The maximum absolute atomic E-state index is 5.87. The smallest absolute Gasteiger partial charge is 0.0774 e. The first kappa shape index (κ1) is 32.1. The van der Waals surface area contributed by atoms with Gasteiger partial charge in [-0.15, -0.1) is 42.0 Å². The first-order valence-electron chi connectivity index (χ1n) is 15.4. The molecule has 4 nitrogen and oxygen atoms in total. The van der Waals surface area contributed by atoms with Gasteiger partial charge < -0.3 is 14.0 Å². The average Bonchev–Trinajstić information content (AvgIpc) is 3.71. The fourth-order valence-electron chi connectivity index (χ4n) is 5.57. The van der Waals surface area contributed by atoms with E-state index in [1.165, 1.54) is 16.3 Å². The standard InChI is InChI=1S/C30H25N2OSi.C11H8N.Ir/c1-34(2,3)24-17-18-29-25(19-24)26(20-33-29)30-31-27-11-7-8-12-28(27)32(30)23-15-13-22(14-16-23)21-9-5-4-6-10-21;1-2-6-10(7-3-1)11-8-4-5-9-12-11;/h4-19H,1-3H3;1-6,8-9H;/q2*-1;. The van der Waals surface area contributed by atoms with E-state index in [2.05, 4.69) is 126 Å². The molecule has 233 valence electrons. The second kappa shape index (κ2) is 13.9. The van der Waals surface area contributed by atoms with Gasteiger partial charge in [-0.3, -0.25) is 4.98 Å². The zero-order valence-electron chi connectivity index (χ0n) is 26.4. The molecule has 0 saturated heterocycles. The molecule has 0 amide bonds. The van der Waals surface area contributed by atoms with Gasteiger partial charge in [0.2, 0.25) is 0 Å². The summed E-state index contributed by atoms with van der Waals surface area (Å²) >= 11 is 0. The van der Waals surface area contributed by atoms with Crippen LogP contribution < -0.4 is 5.19 Å². The molecule has 0 aliphatic rings. The van der Waals surface area contributed by atoms with Gasteiger partial charge in [0.15, 0.2) is 0 Å². The van der Waals surface area contributed by atoms with Crippen molar-refractivity contribution in [1.29, 1.82) is 0 Å². The second-order valence-electron chi connectivity index (χ2n) is 12.2. The van der Waals surface area contributed by atoms with Gasteiger partial charge in [-0.2, -0.15) is 0 Å². The van der Waals surface area contributed by atoms with E-state index in [0.717, 1.165) is 50.3 Å². The molecule has 1 radical (unpaired) electrons. The third-order valence-corrected chi connectivity index (χ3v) is 10.1. The van der Waals surface area contributed by atoms with Crippen molar-refractivity contribution in [3.63, 3.8) is 0 Å². The molecule has 0 spiro atoms. The molecule has 8 rings (SSSR count). The van der Waals surface area contributed by atoms with Gasteiger partial charge in [0, 0.05) is 43.8 Å². The van der Waals surface area contributed by atoms with Crippen molar-refractivity contribution in [3.8, 4) is 39.5 Å². The monoisotopic (exact) mass is 804 g/mol. The van der Waals surface area contributed by atoms with Gasteiger partial charge in [0.05, 0.1) is 24.9 Å². The van der Waals surface area contributed by atoms with Crippen LogP contribution in [0.15, 0.2) is 150 Å². The van der Waals surface area contributed by atoms with Crippen LogP contribution in [0.5, 0.6) is 0 Å². The summed E-state index contributed by atoms with van der Waals surface area (Å²) in [5, 5.41) is 2.46. The first-order valence-corrected chi connectivity index (χ1v) is 18.9. The molecular formula is C41H33IrN3OSi-2. The average molecular weight is 804 g/mol. The van der Waals surface area contributed by atoms with Crippen LogP contribution in [-0.2, 0) is 20.1 Å². The number of furan rings is 1. The van der Waals surface area contributed by atoms with Crippen LogP contribution in [0.1, 0.15) is 0 Å². The zero-order valence-corrected chi connectivity index (χ0v) is 29.8. The van der Waals surface area contributed by atoms with E-state index < -0.39 is 8.07 Å². The van der Waals surface area contributed by atoms with E-state index in [4.69, 9.17) is 9.40 Å². The third kappa shape index (κ3) is 6.81. The van der Waals surface area contributed by atoms with Crippen molar-refractivity contribution >= 4 is 35.3 Å². The molecule has 0 aliphatic carbocycles. The molecule has 5 aromatic carbocycles. The Balaban J connectivity index is 0.000000250. The number of hydrogen-bond donors (Lipinski definition) is 0. The summed E-state index contributed by atoms with van der Waals surface area (Å²) in [4.78, 5) is 9.25. The number of para-hydroxylation sites is 2. The molecule has 0 fully saturated rings. The van der Waals surface area contributed by atoms with Crippen molar-refractivity contribution in [2.24, 2.45) is 0 Å². The molecule has 47 heavy (non-hydrogen) atoms. The summed E-state index contributed by atoms with van der Waals surface area (Å²) in [6.07, 6.45) is 4.96. The molecule has 3 heterocycles. The van der Waals surface area contributed by atoms with E-state index in [1.807, 2.05) is 54.6 Å². The van der Waals surface area contributed by atoms with Gasteiger partial charge in [0.1, 0.15) is 0 Å². The molecule has 0 atom stereocenters. The Morgan fingerprint density at radius 1 is 0.702 bits per heavy atom. The summed E-state index contributed by atoms with van der Waals surface area (Å²) in [5.74, 6) is 0.847. The molecule has 6 heteroatoms. The third-order valence-electron chi connectivity index (χ3n) is 8.04. The fraction of sp³-hybridized carbons (Fsp3) is 0.0732. The number of benzene rings is 5. The van der Waals surface area contributed by atoms with Gasteiger partial charge in [-0.05, 0) is 47.2 Å². The first-order chi connectivity index (χ1) is 22.5. The van der Waals surface area contributed by atoms with Crippen molar-refractivity contribution in [1.82, 2.24) is 14.5 Å². The van der Waals surface area contributed by atoms with E-state index in [-0.39, 0.29) is 20.1 Å². The quantitative estimate of drug-likeness (QED) is 0.129. The van der Waals surface area contributed by atoms with E-state index in [1.54, 1.807) is 6.20 Å². The maximum Gasteiger partial charge on any atom is 0.0774 e. The minimum absolute atomic E-state index is 0. The van der Waals surface area contributed by atoms with Gasteiger partial charge in [-0.25, -0.2) is 0 Å². The molecule has 0 bridgehead atoms. The normalized spacial score (nSPS) is 11.1. The van der Waals surface area contributed by atoms with Crippen LogP contribution in [0.3, 0.4) is 0 Å². The zero-order chi connectivity index (χ0) is 31.5. The molecule has 0 saturated carbocycles. The van der Waals surface area contributed by atoms with Crippen molar-refractivity contribution in [2.45, 2.75) is 19.6 Å². The Hall–Kier alpha value is -4.87. The van der Waals surface area contributed by atoms with Crippen LogP contribution in [0.2, 0.25) is 19.6 Å². The molecule has 0 aliphatic heterocycles. The Labute approximate surface area is 290 Å². The van der Waals surface area contributed by atoms with E-state index in [0.29, 0.717) is 0 Å². The number of aromatic nitrogens is 3. The summed E-state index contributed by atoms with van der Waals surface area (Å²) in [7, 11) is -1.48. The minimum Gasteiger partial charge on any atom is -0.557 e. The topological polar surface area (TPSA) is 43.9 Å². The molecule has 3 aromatic heterocycles. The Morgan fingerprint density at radius 2 is 1.43 bits per heavy atom. The van der Waals surface area contributed by atoms with Crippen LogP contribution in [-0.4, -0.2) is 22.6 Å². The number of pyridine rings is 1. The SMILES string of the molecule is C[Si](C)(C)c1ccc2o[c-]c(-c3nc4ccccc4n3-c3ccc(-c4ccccc4)cc3)c2c1.[Ir].[c-]1ccccc1-c1ccccn1. The van der Waals surface area contributed by atoms with E-state index in [9.17, 15) is 0 Å². The van der Waals surface area contributed by atoms with Crippen molar-refractivity contribution < 1.29 is 24.5 Å². The van der Waals surface area contributed by atoms with Gasteiger partial charge >= 0.3 is 0 Å². The predicted octanol–water partition coefficient (Wildman–Crippen LogP) is 10.00. The van der Waals surface area contributed by atoms with Gasteiger partial charge in [-0.1, -0.05) is 115 Å². The summed E-state index contributed by atoms with van der Waals surface area (Å²) in [6.45, 7) is 7.09. The maximum atomic E-state index is 5.87. The Kier molecular flexibility index (Phi) is 9.46. The second-order valence-corrected chi connectivity index (χ2v) is 17.3. The number of fused-ring (bicyclic) bond motifs is 2. The van der Waals surface area contributed by atoms with Crippen LogP contribution >= 0.6 is 0 Å². The Bertz CT molecular complexity index is 2180. The van der Waals surface area contributed by atoms with Crippen LogP contribution in [0, 0.1) is 12.3 Å². The van der Waals surface area contributed by atoms with Crippen molar-refractivity contribution in [3.05, 3.63) is 158 Å². The number of nitrogens with zero attached hydrogens (tertiary/aromatic N) is 3. The van der Waals surface area contributed by atoms with Crippen LogP contribution in [0.4, 0.5) is 0 Å². The molecule has 0 N–H and O–H groups in total. The summed E-state index contributed by atoms with van der Waals surface area (Å²) < 4.78 is 8.09. The van der Waals surface area contributed by atoms with Gasteiger partial charge in [0.25, 0.3) is 0 Å². The van der Waals surface area contributed by atoms with Crippen LogP contribution in [0.25, 0.3) is 61.5 Å². The summed E-state index contributed by atoms with van der Waals surface area (Å²) in [6, 6.07) is 50.7. The fourth-order valence-corrected chi connectivity index (χ4v) is 6.73. The van der Waals surface area contributed by atoms with E-state index >= 15 is 0 Å². The Morgan fingerprint density at radius 3 is 2.15 bits per heavy atom. The number of rotatable bonds is 5.